The SMILES string of the molecule is CCOC(CCNC(=O)C(CS(=O)(=O)c1ccc2c(c1)CCC(=O)N2)c1ccccc1)OCC. The molecule has 0 aliphatic carbocycles. The maximum atomic E-state index is 13.3. The van der Waals surface area contributed by atoms with Gasteiger partial charge in [0.25, 0.3) is 0 Å². The van der Waals surface area contributed by atoms with Gasteiger partial charge in [0.15, 0.2) is 16.1 Å². The number of nitrogens with one attached hydrogen (secondary N) is 2. The number of sulfone groups is 1. The smallest absolute Gasteiger partial charge is 0.228 e. The fourth-order valence-electron chi connectivity index (χ4n) is 3.90. The lowest BCUT2D eigenvalue weighted by atomic mass is 10.0. The molecule has 34 heavy (non-hydrogen) atoms. The predicted molar refractivity (Wildman–Crippen MR) is 129 cm³/mol. The Balaban J connectivity index is 1.76. The zero-order valence-corrected chi connectivity index (χ0v) is 20.4. The van der Waals surface area contributed by atoms with Crippen LogP contribution in [0.25, 0.3) is 0 Å². The van der Waals surface area contributed by atoms with Gasteiger partial charge >= 0.3 is 0 Å². The number of fused-ring (bicyclic) bond motifs is 1. The van der Waals surface area contributed by atoms with E-state index in [4.69, 9.17) is 9.47 Å². The monoisotopic (exact) mass is 488 g/mol. The average molecular weight is 489 g/mol. The Morgan fingerprint density at radius 3 is 2.44 bits per heavy atom. The number of rotatable bonds is 12. The van der Waals surface area contributed by atoms with Crippen LogP contribution >= 0.6 is 0 Å². The molecule has 8 nitrogen and oxygen atoms in total. The molecule has 0 bridgehead atoms. The highest BCUT2D eigenvalue weighted by Crippen LogP contribution is 2.28. The molecule has 0 saturated carbocycles. The lowest BCUT2D eigenvalue weighted by molar-refractivity contribution is -0.140. The normalized spacial score (nSPS) is 14.4. The van der Waals surface area contributed by atoms with Crippen molar-refractivity contribution in [3.05, 3.63) is 59.7 Å². The summed E-state index contributed by atoms with van der Waals surface area (Å²) in [5.41, 5.74) is 2.03. The first-order chi connectivity index (χ1) is 16.3. The molecule has 0 spiro atoms. The summed E-state index contributed by atoms with van der Waals surface area (Å²) < 4.78 is 37.6. The second kappa shape index (κ2) is 12.1. The molecule has 184 valence electrons. The third kappa shape index (κ3) is 6.88. The van der Waals surface area contributed by atoms with E-state index in [1.807, 2.05) is 19.9 Å². The van der Waals surface area contributed by atoms with Crippen LogP contribution in [0.5, 0.6) is 0 Å². The van der Waals surface area contributed by atoms with Crippen molar-refractivity contribution in [2.24, 2.45) is 0 Å². The fourth-order valence-corrected chi connectivity index (χ4v) is 5.47. The van der Waals surface area contributed by atoms with Crippen LogP contribution in [0.15, 0.2) is 53.4 Å². The van der Waals surface area contributed by atoms with E-state index in [0.29, 0.717) is 50.3 Å². The molecule has 1 atom stereocenters. The van der Waals surface area contributed by atoms with E-state index in [1.165, 1.54) is 6.07 Å². The number of aryl methyl sites for hydroxylation is 1. The van der Waals surface area contributed by atoms with Crippen LogP contribution in [-0.4, -0.2) is 52.0 Å². The van der Waals surface area contributed by atoms with Crippen molar-refractivity contribution < 1.29 is 27.5 Å². The molecule has 1 aliphatic rings. The zero-order chi connectivity index (χ0) is 24.6. The molecule has 0 radical (unpaired) electrons. The number of anilines is 1. The Morgan fingerprint density at radius 2 is 1.76 bits per heavy atom. The minimum absolute atomic E-state index is 0.0835. The van der Waals surface area contributed by atoms with E-state index in [2.05, 4.69) is 10.6 Å². The van der Waals surface area contributed by atoms with Gasteiger partial charge in [0.05, 0.1) is 16.6 Å². The molecule has 3 rings (SSSR count). The van der Waals surface area contributed by atoms with Crippen molar-refractivity contribution in [2.45, 2.75) is 50.2 Å². The summed E-state index contributed by atoms with van der Waals surface area (Å²) in [7, 11) is -3.78. The maximum Gasteiger partial charge on any atom is 0.228 e. The van der Waals surface area contributed by atoms with Gasteiger partial charge in [0, 0.05) is 38.3 Å². The number of benzene rings is 2. The Hall–Kier alpha value is -2.75. The molecule has 1 heterocycles. The number of hydrogen-bond acceptors (Lipinski definition) is 6. The van der Waals surface area contributed by atoms with Gasteiger partial charge in [-0.3, -0.25) is 9.59 Å². The van der Waals surface area contributed by atoms with Crippen molar-refractivity contribution in [2.75, 3.05) is 30.8 Å². The minimum atomic E-state index is -3.78. The fraction of sp³-hybridized carbons (Fsp3) is 0.440. The largest absolute Gasteiger partial charge is 0.355 e. The van der Waals surface area contributed by atoms with Crippen molar-refractivity contribution in [3.8, 4) is 0 Å². The second-order valence-corrected chi connectivity index (χ2v) is 10.1. The first-order valence-electron chi connectivity index (χ1n) is 11.6. The van der Waals surface area contributed by atoms with Gasteiger partial charge in [0.1, 0.15) is 0 Å². The number of carbonyl (C=O) groups excluding carboxylic acids is 2. The van der Waals surface area contributed by atoms with Crippen LogP contribution in [0.4, 0.5) is 5.69 Å². The number of amides is 2. The summed E-state index contributed by atoms with van der Waals surface area (Å²) in [4.78, 5) is 24.9. The molecule has 2 aromatic rings. The molecule has 0 aromatic heterocycles. The van der Waals surface area contributed by atoms with Gasteiger partial charge in [0.2, 0.25) is 11.8 Å². The highest BCUT2D eigenvalue weighted by Gasteiger charge is 2.29. The van der Waals surface area contributed by atoms with Crippen LogP contribution in [0.1, 0.15) is 43.7 Å². The van der Waals surface area contributed by atoms with Gasteiger partial charge in [-0.25, -0.2) is 8.42 Å². The summed E-state index contributed by atoms with van der Waals surface area (Å²) in [6.07, 6.45) is 0.826. The first-order valence-corrected chi connectivity index (χ1v) is 13.2. The molecule has 0 saturated heterocycles. The molecule has 2 N–H and O–H groups in total. The molecular formula is C25H32N2O6S. The van der Waals surface area contributed by atoms with E-state index in [0.717, 1.165) is 5.56 Å². The Kier molecular flexibility index (Phi) is 9.20. The van der Waals surface area contributed by atoms with Crippen molar-refractivity contribution in [1.29, 1.82) is 0 Å². The molecule has 2 aromatic carbocycles. The lowest BCUT2D eigenvalue weighted by Gasteiger charge is -2.21. The predicted octanol–water partition coefficient (Wildman–Crippen LogP) is 3.03. The Morgan fingerprint density at radius 1 is 1.06 bits per heavy atom. The van der Waals surface area contributed by atoms with E-state index < -0.39 is 22.0 Å². The van der Waals surface area contributed by atoms with Crippen LogP contribution in [0.3, 0.4) is 0 Å². The summed E-state index contributed by atoms with van der Waals surface area (Å²) in [5.74, 6) is -1.69. The lowest BCUT2D eigenvalue weighted by Crippen LogP contribution is -2.35. The van der Waals surface area contributed by atoms with E-state index in [9.17, 15) is 18.0 Å². The number of hydrogen-bond donors (Lipinski definition) is 2. The Labute approximate surface area is 201 Å². The van der Waals surface area contributed by atoms with Crippen LogP contribution in [-0.2, 0) is 35.3 Å². The van der Waals surface area contributed by atoms with Gasteiger partial charge < -0.3 is 20.1 Å². The van der Waals surface area contributed by atoms with Gasteiger partial charge in [-0.15, -0.1) is 0 Å². The topological polar surface area (TPSA) is 111 Å². The first kappa shape index (κ1) is 25.9. The minimum Gasteiger partial charge on any atom is -0.355 e. The van der Waals surface area contributed by atoms with Gasteiger partial charge in [-0.05, 0) is 49.6 Å². The van der Waals surface area contributed by atoms with Crippen molar-refractivity contribution in [1.82, 2.24) is 5.32 Å². The third-order valence-electron chi connectivity index (χ3n) is 5.62. The molecule has 9 heteroatoms. The Bertz CT molecular complexity index is 1080. The maximum absolute atomic E-state index is 13.3. The summed E-state index contributed by atoms with van der Waals surface area (Å²) in [6, 6.07) is 13.6. The molecule has 2 amide bonds. The zero-order valence-electron chi connectivity index (χ0n) is 19.6. The standard InChI is InChI=1S/C25H32N2O6S/c1-3-32-24(33-4-2)14-15-26-25(29)21(18-8-6-5-7-9-18)17-34(30,31)20-11-12-22-19(16-20)10-13-23(28)27-22/h5-9,11-12,16,21,24H,3-4,10,13-15,17H2,1-2H3,(H,26,29)(H,27,28). The van der Waals surface area contributed by atoms with Gasteiger partial charge in [-0.2, -0.15) is 0 Å². The highest BCUT2D eigenvalue weighted by molar-refractivity contribution is 7.91. The molecule has 0 fully saturated rings. The summed E-state index contributed by atoms with van der Waals surface area (Å²) in [6.45, 7) is 5.03. The quantitative estimate of drug-likeness (QED) is 0.445. The number of ether oxygens (including phenoxy) is 2. The van der Waals surface area contributed by atoms with E-state index in [1.54, 1.807) is 36.4 Å². The van der Waals surface area contributed by atoms with Crippen LogP contribution in [0.2, 0.25) is 0 Å². The number of carbonyl (C=O) groups is 2. The molecule has 1 aliphatic heterocycles. The third-order valence-corrected chi connectivity index (χ3v) is 7.36. The molecular weight excluding hydrogens is 456 g/mol. The summed E-state index contributed by atoms with van der Waals surface area (Å²) in [5, 5.41) is 5.60. The van der Waals surface area contributed by atoms with E-state index in [-0.39, 0.29) is 22.5 Å². The van der Waals surface area contributed by atoms with E-state index >= 15 is 0 Å². The van der Waals surface area contributed by atoms with Crippen LogP contribution < -0.4 is 10.6 Å². The average Bonchev–Trinajstić information content (AvgIpc) is 2.83. The van der Waals surface area contributed by atoms with Crippen molar-refractivity contribution in [3.63, 3.8) is 0 Å². The van der Waals surface area contributed by atoms with Crippen molar-refractivity contribution >= 4 is 27.3 Å². The van der Waals surface area contributed by atoms with Crippen LogP contribution in [0, 0.1) is 0 Å². The van der Waals surface area contributed by atoms with Gasteiger partial charge in [-0.1, -0.05) is 30.3 Å². The molecule has 1 unspecified atom stereocenters. The second-order valence-electron chi connectivity index (χ2n) is 8.03. The highest BCUT2D eigenvalue weighted by atomic mass is 32.2. The summed E-state index contributed by atoms with van der Waals surface area (Å²) >= 11 is 0.